The Kier molecular flexibility index (Phi) is 5.98. The summed E-state index contributed by atoms with van der Waals surface area (Å²) in [5.74, 6) is -0.263. The molecule has 0 fully saturated rings. The van der Waals surface area contributed by atoms with Gasteiger partial charge in [0.05, 0.1) is 22.6 Å². The number of nitrogens with one attached hydrogen (secondary N) is 2. The van der Waals surface area contributed by atoms with Crippen LogP contribution in [0, 0.1) is 10.1 Å². The Hall–Kier alpha value is -3.92. The number of anilines is 2. The molecule has 10 heteroatoms. The van der Waals surface area contributed by atoms with Gasteiger partial charge in [-0.2, -0.15) is 0 Å². The van der Waals surface area contributed by atoms with Gasteiger partial charge in [0.2, 0.25) is 0 Å². The maximum atomic E-state index is 12.7. The lowest BCUT2D eigenvalue weighted by Gasteiger charge is -2.12. The highest BCUT2D eigenvalue weighted by molar-refractivity contribution is 7.92. The molecule has 0 spiro atoms. The number of nitrogens with zero attached hydrogens (tertiary/aromatic N) is 1. The van der Waals surface area contributed by atoms with E-state index in [2.05, 4.69) is 10.0 Å². The van der Waals surface area contributed by atoms with Crippen LogP contribution in [0.3, 0.4) is 0 Å². The number of hydrogen-bond acceptors (Lipinski definition) is 6. The third-order valence-corrected chi connectivity index (χ3v) is 5.48. The number of rotatable bonds is 7. The third-order valence-electron chi connectivity index (χ3n) is 4.10. The van der Waals surface area contributed by atoms with Gasteiger partial charge in [-0.25, -0.2) is 8.42 Å². The third kappa shape index (κ3) is 4.73. The molecular formula is C20H17N3O6S. The number of carbonyl (C=O) groups is 1. The fourth-order valence-corrected chi connectivity index (χ4v) is 3.66. The first-order valence-corrected chi connectivity index (χ1v) is 10.1. The lowest BCUT2D eigenvalue weighted by Crippen LogP contribution is -2.15. The van der Waals surface area contributed by atoms with Gasteiger partial charge in [-0.1, -0.05) is 18.2 Å². The lowest BCUT2D eigenvalue weighted by atomic mass is 10.2. The van der Waals surface area contributed by atoms with Gasteiger partial charge in [-0.05, 0) is 42.5 Å². The molecule has 0 aliphatic heterocycles. The molecule has 1 amide bonds. The van der Waals surface area contributed by atoms with Crippen LogP contribution in [-0.2, 0) is 10.0 Å². The van der Waals surface area contributed by atoms with Crippen molar-refractivity contribution in [1.82, 2.24) is 0 Å². The largest absolute Gasteiger partial charge is 0.495 e. The minimum Gasteiger partial charge on any atom is -0.495 e. The maximum Gasteiger partial charge on any atom is 0.271 e. The molecule has 0 aliphatic carbocycles. The number of nitro groups is 1. The van der Waals surface area contributed by atoms with E-state index in [9.17, 15) is 23.3 Å². The first-order valence-electron chi connectivity index (χ1n) is 8.62. The SMILES string of the molecule is COc1ccc([N+](=O)[O-])cc1NS(=O)(=O)c1ccc(C(=O)Nc2ccccc2)cc1. The predicted octanol–water partition coefficient (Wildman–Crippen LogP) is 3.66. The van der Waals surface area contributed by atoms with Crippen molar-refractivity contribution in [1.29, 1.82) is 0 Å². The van der Waals surface area contributed by atoms with Crippen LogP contribution in [0.5, 0.6) is 5.75 Å². The molecule has 154 valence electrons. The van der Waals surface area contributed by atoms with Crippen molar-refractivity contribution < 1.29 is 22.9 Å². The molecule has 0 radical (unpaired) electrons. The minimum atomic E-state index is -4.07. The van der Waals surface area contributed by atoms with Crippen molar-refractivity contribution in [2.24, 2.45) is 0 Å². The zero-order valence-corrected chi connectivity index (χ0v) is 16.5. The molecular weight excluding hydrogens is 410 g/mol. The molecule has 0 atom stereocenters. The summed E-state index contributed by atoms with van der Waals surface area (Å²) < 4.78 is 32.7. The normalized spacial score (nSPS) is 10.8. The molecule has 30 heavy (non-hydrogen) atoms. The summed E-state index contributed by atoms with van der Waals surface area (Å²) in [6.45, 7) is 0. The fraction of sp³-hybridized carbons (Fsp3) is 0.0500. The molecule has 0 unspecified atom stereocenters. The van der Waals surface area contributed by atoms with E-state index in [-0.39, 0.29) is 27.6 Å². The van der Waals surface area contributed by atoms with E-state index >= 15 is 0 Å². The fourth-order valence-electron chi connectivity index (χ4n) is 2.60. The average Bonchev–Trinajstić information content (AvgIpc) is 2.74. The Morgan fingerprint density at radius 1 is 1.00 bits per heavy atom. The first-order chi connectivity index (χ1) is 14.3. The number of amides is 1. The molecule has 9 nitrogen and oxygen atoms in total. The second-order valence-corrected chi connectivity index (χ2v) is 7.77. The summed E-state index contributed by atoms with van der Waals surface area (Å²) >= 11 is 0. The summed E-state index contributed by atoms with van der Waals surface area (Å²) in [5.41, 5.74) is 0.517. The minimum absolute atomic E-state index is 0.0717. The van der Waals surface area contributed by atoms with Crippen LogP contribution >= 0.6 is 0 Å². The summed E-state index contributed by atoms with van der Waals surface area (Å²) in [6.07, 6.45) is 0. The van der Waals surface area contributed by atoms with E-state index in [1.807, 2.05) is 6.07 Å². The van der Waals surface area contributed by atoms with Crippen LogP contribution < -0.4 is 14.8 Å². The number of sulfonamides is 1. The summed E-state index contributed by atoms with van der Waals surface area (Å²) in [7, 11) is -2.76. The highest BCUT2D eigenvalue weighted by Crippen LogP contribution is 2.30. The van der Waals surface area contributed by atoms with Gasteiger partial charge in [-0.3, -0.25) is 19.6 Å². The molecule has 2 N–H and O–H groups in total. The van der Waals surface area contributed by atoms with E-state index in [1.54, 1.807) is 24.3 Å². The lowest BCUT2D eigenvalue weighted by molar-refractivity contribution is -0.384. The van der Waals surface area contributed by atoms with Crippen LogP contribution in [0.2, 0.25) is 0 Å². The van der Waals surface area contributed by atoms with Crippen molar-refractivity contribution >= 4 is 33.0 Å². The number of ether oxygens (including phenoxy) is 1. The molecule has 0 heterocycles. The monoisotopic (exact) mass is 427 g/mol. The van der Waals surface area contributed by atoms with Crippen LogP contribution in [-0.4, -0.2) is 26.4 Å². The first kappa shape index (κ1) is 20.8. The van der Waals surface area contributed by atoms with Gasteiger partial charge in [0.15, 0.2) is 0 Å². The Bertz CT molecular complexity index is 1180. The van der Waals surface area contributed by atoms with Gasteiger partial charge in [-0.15, -0.1) is 0 Å². The van der Waals surface area contributed by atoms with Gasteiger partial charge in [0.1, 0.15) is 5.75 Å². The Morgan fingerprint density at radius 3 is 2.27 bits per heavy atom. The van der Waals surface area contributed by atoms with Gasteiger partial charge >= 0.3 is 0 Å². The number of benzene rings is 3. The standard InChI is InChI=1S/C20H17N3O6S/c1-29-19-12-9-16(23(25)26)13-18(19)22-30(27,28)17-10-7-14(8-11-17)20(24)21-15-5-3-2-4-6-15/h2-13,22H,1H3,(H,21,24). The zero-order valence-electron chi connectivity index (χ0n) is 15.7. The van der Waals surface area contributed by atoms with Crippen molar-refractivity contribution in [2.75, 3.05) is 17.1 Å². The van der Waals surface area contributed by atoms with Crippen molar-refractivity contribution in [3.05, 3.63) is 88.5 Å². The van der Waals surface area contributed by atoms with Crippen LogP contribution in [0.15, 0.2) is 77.7 Å². The van der Waals surface area contributed by atoms with E-state index in [1.165, 1.54) is 43.5 Å². The van der Waals surface area contributed by atoms with E-state index in [0.717, 1.165) is 6.07 Å². The molecule has 0 bridgehead atoms. The number of hydrogen-bond donors (Lipinski definition) is 2. The van der Waals surface area contributed by atoms with Crippen LogP contribution in [0.1, 0.15) is 10.4 Å². The average molecular weight is 427 g/mol. The number of methoxy groups -OCH3 is 1. The van der Waals surface area contributed by atoms with E-state index in [4.69, 9.17) is 4.74 Å². The number of nitro benzene ring substituents is 1. The number of carbonyl (C=O) groups excluding carboxylic acids is 1. The summed E-state index contributed by atoms with van der Waals surface area (Å²) in [5, 5.41) is 13.7. The van der Waals surface area contributed by atoms with Gasteiger partial charge < -0.3 is 10.1 Å². The van der Waals surface area contributed by atoms with Crippen LogP contribution in [0.25, 0.3) is 0 Å². The quantitative estimate of drug-likeness (QED) is 0.437. The van der Waals surface area contributed by atoms with Crippen molar-refractivity contribution in [3.8, 4) is 5.75 Å². The molecule has 0 saturated heterocycles. The molecule has 3 rings (SSSR count). The molecule has 0 aromatic heterocycles. The van der Waals surface area contributed by atoms with Crippen LogP contribution in [0.4, 0.5) is 17.1 Å². The Morgan fingerprint density at radius 2 is 1.67 bits per heavy atom. The van der Waals surface area contributed by atoms with Crippen molar-refractivity contribution in [2.45, 2.75) is 4.90 Å². The molecule has 3 aromatic carbocycles. The number of para-hydroxylation sites is 1. The second-order valence-electron chi connectivity index (χ2n) is 6.09. The predicted molar refractivity (Wildman–Crippen MR) is 111 cm³/mol. The smallest absolute Gasteiger partial charge is 0.271 e. The Labute approximate surface area is 172 Å². The zero-order chi connectivity index (χ0) is 21.7. The molecule has 3 aromatic rings. The van der Waals surface area contributed by atoms with E-state index < -0.39 is 20.9 Å². The van der Waals surface area contributed by atoms with E-state index in [0.29, 0.717) is 5.69 Å². The topological polar surface area (TPSA) is 128 Å². The highest BCUT2D eigenvalue weighted by atomic mass is 32.2. The number of non-ortho nitro benzene ring substituents is 1. The highest BCUT2D eigenvalue weighted by Gasteiger charge is 2.20. The Balaban J connectivity index is 1.81. The second kappa shape index (κ2) is 8.62. The van der Waals surface area contributed by atoms with Crippen molar-refractivity contribution in [3.63, 3.8) is 0 Å². The van der Waals surface area contributed by atoms with Gasteiger partial charge in [0.25, 0.3) is 21.6 Å². The molecule has 0 aliphatic rings. The molecule has 0 saturated carbocycles. The maximum absolute atomic E-state index is 12.7. The van der Waals surface area contributed by atoms with Gasteiger partial charge in [0, 0.05) is 23.4 Å². The summed E-state index contributed by atoms with van der Waals surface area (Å²) in [6, 6.07) is 17.7. The summed E-state index contributed by atoms with van der Waals surface area (Å²) in [4.78, 5) is 22.5.